The van der Waals surface area contributed by atoms with Gasteiger partial charge in [-0.25, -0.2) is 0 Å². The number of hydrogen-bond acceptors (Lipinski definition) is 5. The maximum Gasteiger partial charge on any atom is 0.387 e. The predicted octanol–water partition coefficient (Wildman–Crippen LogP) is 5.12. The molecule has 5 rings (SSSR count). The number of carbonyl (C=O) groups is 2. The Bertz CT molecular complexity index is 1500. The molecule has 39 heavy (non-hydrogen) atoms. The number of ether oxygens (including phenoxy) is 1. The Labute approximate surface area is 229 Å². The van der Waals surface area contributed by atoms with E-state index in [2.05, 4.69) is 10.8 Å². The molecule has 0 unspecified atom stereocenters. The summed E-state index contributed by atoms with van der Waals surface area (Å²) in [7, 11) is 0. The van der Waals surface area contributed by atoms with Crippen LogP contribution in [-0.4, -0.2) is 50.6 Å². The maximum absolute atomic E-state index is 13.8. The van der Waals surface area contributed by atoms with Gasteiger partial charge < -0.3 is 14.5 Å². The summed E-state index contributed by atoms with van der Waals surface area (Å²) in [5, 5.41) is 14.5. The van der Waals surface area contributed by atoms with Gasteiger partial charge in [0, 0.05) is 30.1 Å². The molecule has 2 amide bonds. The standard InChI is InChI=1S/C28H26ClF2N5O3/c1-15-12-24-22(14-35(15)26(37)20-8-9-23(29)21(13-32)16(20)2)25-27(38)34(10-11-36(25)33-24)17(3)18-4-6-19(7-5-18)39-28(30)31/h4-9,15,17,28H,10-12,14H2,1-3H3/t15-,17-/m1/s1. The Morgan fingerprint density at radius 1 is 1.21 bits per heavy atom. The molecule has 0 bridgehead atoms. The van der Waals surface area contributed by atoms with Crippen molar-refractivity contribution in [1.29, 1.82) is 5.26 Å². The van der Waals surface area contributed by atoms with Gasteiger partial charge in [-0.2, -0.15) is 19.1 Å². The highest BCUT2D eigenvalue weighted by molar-refractivity contribution is 6.32. The van der Waals surface area contributed by atoms with Gasteiger partial charge in [0.05, 0.1) is 35.4 Å². The average Bonchev–Trinajstić information content (AvgIpc) is 3.26. The zero-order chi connectivity index (χ0) is 28.0. The summed E-state index contributed by atoms with van der Waals surface area (Å²) in [6.07, 6.45) is 0.493. The zero-order valence-electron chi connectivity index (χ0n) is 21.6. The number of nitriles is 1. The molecule has 202 valence electrons. The predicted molar refractivity (Wildman–Crippen MR) is 139 cm³/mol. The van der Waals surface area contributed by atoms with Crippen LogP contribution in [0.3, 0.4) is 0 Å². The van der Waals surface area contributed by atoms with E-state index in [0.29, 0.717) is 41.4 Å². The van der Waals surface area contributed by atoms with Crippen molar-refractivity contribution >= 4 is 23.4 Å². The van der Waals surface area contributed by atoms with Gasteiger partial charge in [0.2, 0.25) is 0 Å². The van der Waals surface area contributed by atoms with Crippen molar-refractivity contribution in [2.75, 3.05) is 6.54 Å². The zero-order valence-corrected chi connectivity index (χ0v) is 22.4. The highest BCUT2D eigenvalue weighted by Crippen LogP contribution is 2.33. The Morgan fingerprint density at radius 2 is 1.92 bits per heavy atom. The molecule has 3 heterocycles. The van der Waals surface area contributed by atoms with Gasteiger partial charge in [-0.1, -0.05) is 23.7 Å². The molecular weight excluding hydrogens is 528 g/mol. The molecule has 3 aromatic rings. The normalized spacial score (nSPS) is 17.5. The Morgan fingerprint density at radius 3 is 2.59 bits per heavy atom. The van der Waals surface area contributed by atoms with Crippen molar-refractivity contribution in [3.63, 3.8) is 0 Å². The number of halogens is 3. The maximum atomic E-state index is 13.8. The molecule has 11 heteroatoms. The fourth-order valence-corrected chi connectivity index (χ4v) is 5.63. The van der Waals surface area contributed by atoms with E-state index < -0.39 is 6.61 Å². The van der Waals surface area contributed by atoms with Gasteiger partial charge >= 0.3 is 6.61 Å². The van der Waals surface area contributed by atoms with Crippen molar-refractivity contribution < 1.29 is 23.1 Å². The van der Waals surface area contributed by atoms with Crippen LogP contribution in [0.25, 0.3) is 0 Å². The van der Waals surface area contributed by atoms with Crippen molar-refractivity contribution in [3.05, 3.63) is 80.6 Å². The lowest BCUT2D eigenvalue weighted by atomic mass is 9.95. The van der Waals surface area contributed by atoms with Gasteiger partial charge in [0.15, 0.2) is 0 Å². The number of fused-ring (bicyclic) bond motifs is 3. The van der Waals surface area contributed by atoms with Crippen LogP contribution in [0.5, 0.6) is 5.75 Å². The lowest BCUT2D eigenvalue weighted by Crippen LogP contribution is -2.45. The van der Waals surface area contributed by atoms with Crippen LogP contribution in [0.2, 0.25) is 5.02 Å². The summed E-state index contributed by atoms with van der Waals surface area (Å²) in [5.41, 5.74) is 3.93. The van der Waals surface area contributed by atoms with E-state index in [1.165, 1.54) is 12.1 Å². The van der Waals surface area contributed by atoms with Gasteiger partial charge in [0.1, 0.15) is 17.5 Å². The number of nitrogens with zero attached hydrogens (tertiary/aromatic N) is 5. The summed E-state index contributed by atoms with van der Waals surface area (Å²) in [4.78, 5) is 30.8. The second-order valence-electron chi connectivity index (χ2n) is 9.81. The number of hydrogen-bond donors (Lipinski definition) is 0. The number of aromatic nitrogens is 2. The van der Waals surface area contributed by atoms with E-state index in [4.69, 9.17) is 16.7 Å². The first-order chi connectivity index (χ1) is 18.6. The van der Waals surface area contributed by atoms with Gasteiger partial charge in [-0.3, -0.25) is 14.3 Å². The van der Waals surface area contributed by atoms with Gasteiger partial charge in [-0.15, -0.1) is 0 Å². The number of amides is 2. The minimum Gasteiger partial charge on any atom is -0.435 e. The first-order valence-corrected chi connectivity index (χ1v) is 12.9. The third-order valence-electron chi connectivity index (χ3n) is 7.57. The molecule has 2 aliphatic rings. The van der Waals surface area contributed by atoms with Crippen LogP contribution in [0.4, 0.5) is 8.78 Å². The number of carbonyl (C=O) groups excluding carboxylic acids is 2. The second-order valence-corrected chi connectivity index (χ2v) is 10.2. The lowest BCUT2D eigenvalue weighted by molar-refractivity contribution is -0.0498. The van der Waals surface area contributed by atoms with Crippen LogP contribution in [0.15, 0.2) is 36.4 Å². The third kappa shape index (κ3) is 4.72. The topological polar surface area (TPSA) is 91.5 Å². The van der Waals surface area contributed by atoms with E-state index in [9.17, 15) is 23.6 Å². The van der Waals surface area contributed by atoms with Gasteiger partial charge in [-0.05, 0) is 56.2 Å². The van der Waals surface area contributed by atoms with E-state index in [1.54, 1.807) is 45.7 Å². The second kappa shape index (κ2) is 10.3. The van der Waals surface area contributed by atoms with Crippen LogP contribution in [0, 0.1) is 18.3 Å². The Kier molecular flexibility index (Phi) is 7.03. The number of rotatable bonds is 5. The first kappa shape index (κ1) is 26.6. The molecule has 2 atom stereocenters. The van der Waals surface area contributed by atoms with Crippen molar-refractivity contribution in [1.82, 2.24) is 19.6 Å². The summed E-state index contributed by atoms with van der Waals surface area (Å²) in [6, 6.07) is 11.0. The molecule has 1 aromatic heterocycles. The average molecular weight is 554 g/mol. The lowest BCUT2D eigenvalue weighted by Gasteiger charge is -2.36. The summed E-state index contributed by atoms with van der Waals surface area (Å²) in [5.74, 6) is -0.389. The third-order valence-corrected chi connectivity index (χ3v) is 7.89. The minimum atomic E-state index is -2.91. The largest absolute Gasteiger partial charge is 0.435 e. The van der Waals surface area contributed by atoms with Crippen LogP contribution in [0.1, 0.15) is 68.7 Å². The van der Waals surface area contributed by atoms with Crippen molar-refractivity contribution in [2.45, 2.75) is 59.0 Å². The van der Waals surface area contributed by atoms with Crippen molar-refractivity contribution in [3.8, 4) is 11.8 Å². The molecule has 0 N–H and O–H groups in total. The summed E-state index contributed by atoms with van der Waals surface area (Å²) < 4.78 is 31.2. The number of benzene rings is 2. The smallest absolute Gasteiger partial charge is 0.387 e. The van der Waals surface area contributed by atoms with Crippen LogP contribution in [-0.2, 0) is 19.5 Å². The molecular formula is C28H26ClF2N5O3. The molecule has 2 aromatic carbocycles. The highest BCUT2D eigenvalue weighted by Gasteiger charge is 2.38. The van der Waals surface area contributed by atoms with Crippen molar-refractivity contribution in [2.24, 2.45) is 0 Å². The first-order valence-electron chi connectivity index (χ1n) is 12.5. The molecule has 0 fully saturated rings. The Hall–Kier alpha value is -3.97. The molecule has 0 radical (unpaired) electrons. The van der Waals surface area contributed by atoms with Gasteiger partial charge in [0.25, 0.3) is 11.8 Å². The van der Waals surface area contributed by atoms with E-state index in [0.717, 1.165) is 16.8 Å². The molecule has 8 nitrogen and oxygen atoms in total. The monoisotopic (exact) mass is 553 g/mol. The molecule has 0 aliphatic carbocycles. The quantitative estimate of drug-likeness (QED) is 0.437. The molecule has 0 saturated carbocycles. The van der Waals surface area contributed by atoms with E-state index >= 15 is 0 Å². The van der Waals surface area contributed by atoms with E-state index in [-0.39, 0.29) is 41.8 Å². The fraction of sp³-hybridized carbons (Fsp3) is 0.357. The van der Waals surface area contributed by atoms with Crippen LogP contribution < -0.4 is 4.74 Å². The molecule has 0 spiro atoms. The fourth-order valence-electron chi connectivity index (χ4n) is 5.39. The van der Waals surface area contributed by atoms with Crippen LogP contribution >= 0.6 is 11.6 Å². The summed E-state index contributed by atoms with van der Waals surface area (Å²) >= 11 is 6.14. The summed E-state index contributed by atoms with van der Waals surface area (Å²) in [6.45, 7) is 3.75. The number of alkyl halides is 2. The molecule has 2 aliphatic heterocycles. The minimum absolute atomic E-state index is 0.0507. The van der Waals surface area contributed by atoms with E-state index in [1.807, 2.05) is 13.8 Å². The Balaban J connectivity index is 1.42. The SMILES string of the molecule is Cc1c(C(=O)N2Cc3c(nn4c3C(=O)N([C@H](C)c3ccc(OC(F)F)cc3)CC4)C[C@H]2C)ccc(Cl)c1C#N. The molecule has 0 saturated heterocycles. The highest BCUT2D eigenvalue weighted by atomic mass is 35.5.